The quantitative estimate of drug-likeness (QED) is 0.640. The zero-order chi connectivity index (χ0) is 13.0. The highest BCUT2D eigenvalue weighted by atomic mass is 16.3. The molecule has 2 rings (SSSR count). The molecule has 0 aromatic heterocycles. The zero-order valence-corrected chi connectivity index (χ0v) is 9.58. The van der Waals surface area contributed by atoms with Crippen LogP contribution < -0.4 is 0 Å². The molecule has 0 aliphatic rings. The van der Waals surface area contributed by atoms with Crippen molar-refractivity contribution in [3.8, 4) is 11.5 Å². The lowest BCUT2D eigenvalue weighted by Crippen LogP contribution is -1.92. The third kappa shape index (κ3) is 2.77. The summed E-state index contributed by atoms with van der Waals surface area (Å²) in [7, 11) is 0. The second-order valence-electron chi connectivity index (χ2n) is 3.81. The van der Waals surface area contributed by atoms with Crippen LogP contribution in [0.4, 0.5) is 0 Å². The van der Waals surface area contributed by atoms with Crippen LogP contribution in [-0.2, 0) is 0 Å². The fraction of sp³-hybridized carbons (Fsp3) is 0. The number of rotatable bonds is 3. The number of hydrogen-bond donors (Lipinski definition) is 2. The van der Waals surface area contributed by atoms with E-state index in [-0.39, 0.29) is 17.3 Å². The maximum atomic E-state index is 11.8. The van der Waals surface area contributed by atoms with Crippen molar-refractivity contribution >= 4 is 11.9 Å². The van der Waals surface area contributed by atoms with Crippen molar-refractivity contribution in [3.63, 3.8) is 0 Å². The Balaban J connectivity index is 2.19. The minimum atomic E-state index is -0.136. The monoisotopic (exact) mass is 240 g/mol. The first-order chi connectivity index (χ1) is 8.66. The maximum Gasteiger partial charge on any atom is 0.185 e. The summed E-state index contributed by atoms with van der Waals surface area (Å²) in [5, 5.41) is 18.7. The van der Waals surface area contributed by atoms with Crippen molar-refractivity contribution in [1.29, 1.82) is 0 Å². The Morgan fingerprint density at radius 3 is 2.39 bits per heavy atom. The third-order valence-corrected chi connectivity index (χ3v) is 2.49. The second kappa shape index (κ2) is 5.19. The van der Waals surface area contributed by atoms with Crippen molar-refractivity contribution in [3.05, 3.63) is 65.7 Å². The molecule has 0 unspecified atom stereocenters. The summed E-state index contributed by atoms with van der Waals surface area (Å²) < 4.78 is 0. The first-order valence-electron chi connectivity index (χ1n) is 5.46. The number of phenolic OH excluding ortho intramolecular Hbond substituents is 2. The van der Waals surface area contributed by atoms with Gasteiger partial charge in [-0.3, -0.25) is 4.79 Å². The molecular weight excluding hydrogens is 228 g/mol. The minimum absolute atomic E-state index is 0.0148. The average Bonchev–Trinajstić information content (AvgIpc) is 2.38. The van der Waals surface area contributed by atoms with Crippen molar-refractivity contribution in [1.82, 2.24) is 0 Å². The molecule has 2 N–H and O–H groups in total. The van der Waals surface area contributed by atoms with E-state index in [1.54, 1.807) is 30.3 Å². The lowest BCUT2D eigenvalue weighted by Gasteiger charge is -1.99. The number of ketones is 1. The van der Waals surface area contributed by atoms with Crippen molar-refractivity contribution < 1.29 is 15.0 Å². The van der Waals surface area contributed by atoms with E-state index in [1.807, 2.05) is 6.07 Å². The highest BCUT2D eigenvalue weighted by Crippen LogP contribution is 2.23. The standard InChI is InChI=1S/C15H12O3/c16-13-8-6-12(15(18)10-13)7-9-14(17)11-4-2-1-3-5-11/h1-10,16,18H/b9-7+. The van der Waals surface area contributed by atoms with E-state index in [1.165, 1.54) is 24.3 Å². The molecule has 0 aliphatic heterocycles. The topological polar surface area (TPSA) is 57.5 Å². The Kier molecular flexibility index (Phi) is 3.44. The van der Waals surface area contributed by atoms with Gasteiger partial charge in [-0.1, -0.05) is 30.3 Å². The molecule has 0 heterocycles. The lowest BCUT2D eigenvalue weighted by molar-refractivity contribution is 0.104. The van der Waals surface area contributed by atoms with Crippen LogP contribution in [0.1, 0.15) is 15.9 Å². The molecule has 2 aromatic rings. The third-order valence-electron chi connectivity index (χ3n) is 2.49. The Hall–Kier alpha value is -2.55. The van der Waals surface area contributed by atoms with E-state index < -0.39 is 0 Å². The molecule has 0 spiro atoms. The molecule has 0 bridgehead atoms. The summed E-state index contributed by atoms with van der Waals surface area (Å²) in [6, 6.07) is 13.1. The summed E-state index contributed by atoms with van der Waals surface area (Å²) in [5.74, 6) is -0.214. The molecule has 0 amide bonds. The van der Waals surface area contributed by atoms with Gasteiger partial charge in [0.15, 0.2) is 5.78 Å². The van der Waals surface area contributed by atoms with E-state index >= 15 is 0 Å². The van der Waals surface area contributed by atoms with Crippen molar-refractivity contribution in [2.45, 2.75) is 0 Å². The Morgan fingerprint density at radius 1 is 1.00 bits per heavy atom. The van der Waals surface area contributed by atoms with Gasteiger partial charge in [0.05, 0.1) is 0 Å². The van der Waals surface area contributed by atoms with Gasteiger partial charge >= 0.3 is 0 Å². The van der Waals surface area contributed by atoms with E-state index in [0.717, 1.165) is 0 Å². The Labute approximate surface area is 105 Å². The molecule has 3 heteroatoms. The predicted molar refractivity (Wildman–Crippen MR) is 69.6 cm³/mol. The molecule has 2 aromatic carbocycles. The highest BCUT2D eigenvalue weighted by Gasteiger charge is 2.02. The summed E-state index contributed by atoms with van der Waals surface area (Å²) in [6.07, 6.45) is 2.91. The van der Waals surface area contributed by atoms with E-state index in [0.29, 0.717) is 11.1 Å². The maximum absolute atomic E-state index is 11.8. The molecule has 3 nitrogen and oxygen atoms in total. The highest BCUT2D eigenvalue weighted by molar-refractivity contribution is 6.06. The molecular formula is C15H12O3. The van der Waals surface area contributed by atoms with Crippen molar-refractivity contribution in [2.75, 3.05) is 0 Å². The van der Waals surface area contributed by atoms with Crippen LogP contribution in [0.3, 0.4) is 0 Å². The van der Waals surface area contributed by atoms with E-state index in [2.05, 4.69) is 0 Å². The lowest BCUT2D eigenvalue weighted by atomic mass is 10.1. The van der Waals surface area contributed by atoms with Gasteiger partial charge in [0.1, 0.15) is 11.5 Å². The number of carbonyl (C=O) groups excluding carboxylic acids is 1. The smallest absolute Gasteiger partial charge is 0.185 e. The van der Waals surface area contributed by atoms with Crippen LogP contribution in [0.5, 0.6) is 11.5 Å². The molecule has 0 aliphatic carbocycles. The molecule has 0 radical (unpaired) electrons. The number of hydrogen-bond acceptors (Lipinski definition) is 3. The van der Waals surface area contributed by atoms with Crippen LogP contribution in [0.2, 0.25) is 0 Å². The fourth-order valence-corrected chi connectivity index (χ4v) is 1.54. The van der Waals surface area contributed by atoms with Gasteiger partial charge in [-0.2, -0.15) is 0 Å². The molecule has 0 saturated carbocycles. The number of benzene rings is 2. The molecule has 0 atom stereocenters. The molecule has 0 fully saturated rings. The van der Waals surface area contributed by atoms with Gasteiger partial charge < -0.3 is 10.2 Å². The SMILES string of the molecule is O=C(/C=C/c1ccc(O)cc1O)c1ccccc1. The van der Waals surface area contributed by atoms with Crippen LogP contribution in [0.25, 0.3) is 6.08 Å². The Morgan fingerprint density at radius 2 is 1.72 bits per heavy atom. The number of carbonyl (C=O) groups is 1. The first-order valence-corrected chi connectivity index (χ1v) is 5.46. The molecule has 0 saturated heterocycles. The number of allylic oxidation sites excluding steroid dienone is 1. The van der Waals surface area contributed by atoms with Gasteiger partial charge in [-0.25, -0.2) is 0 Å². The van der Waals surface area contributed by atoms with Gasteiger partial charge in [0, 0.05) is 17.2 Å². The number of aromatic hydroxyl groups is 2. The van der Waals surface area contributed by atoms with Crippen molar-refractivity contribution in [2.24, 2.45) is 0 Å². The largest absolute Gasteiger partial charge is 0.508 e. The van der Waals surface area contributed by atoms with Crippen LogP contribution >= 0.6 is 0 Å². The fourth-order valence-electron chi connectivity index (χ4n) is 1.54. The van der Waals surface area contributed by atoms with Gasteiger partial charge in [-0.05, 0) is 24.3 Å². The second-order valence-corrected chi connectivity index (χ2v) is 3.81. The van der Waals surface area contributed by atoms with Gasteiger partial charge in [-0.15, -0.1) is 0 Å². The minimum Gasteiger partial charge on any atom is -0.508 e. The normalized spacial score (nSPS) is 10.7. The molecule has 90 valence electrons. The molecule has 18 heavy (non-hydrogen) atoms. The van der Waals surface area contributed by atoms with Crippen LogP contribution in [0, 0.1) is 0 Å². The summed E-state index contributed by atoms with van der Waals surface area (Å²) in [5.41, 5.74) is 1.07. The summed E-state index contributed by atoms with van der Waals surface area (Å²) in [4.78, 5) is 11.8. The van der Waals surface area contributed by atoms with Crippen LogP contribution in [-0.4, -0.2) is 16.0 Å². The summed E-state index contributed by atoms with van der Waals surface area (Å²) >= 11 is 0. The first kappa shape index (κ1) is 11.9. The zero-order valence-electron chi connectivity index (χ0n) is 9.58. The van der Waals surface area contributed by atoms with Crippen LogP contribution in [0.15, 0.2) is 54.6 Å². The predicted octanol–water partition coefficient (Wildman–Crippen LogP) is 2.99. The van der Waals surface area contributed by atoms with E-state index in [4.69, 9.17) is 5.11 Å². The summed E-state index contributed by atoms with van der Waals surface area (Å²) in [6.45, 7) is 0. The van der Waals surface area contributed by atoms with E-state index in [9.17, 15) is 9.90 Å². The average molecular weight is 240 g/mol. The number of phenols is 2. The van der Waals surface area contributed by atoms with Gasteiger partial charge in [0.2, 0.25) is 0 Å². The Bertz CT molecular complexity index is 586. The van der Waals surface area contributed by atoms with Gasteiger partial charge in [0.25, 0.3) is 0 Å².